The third-order valence-electron chi connectivity index (χ3n) is 4.62. The number of carbonyl (C=O) groups excluding carboxylic acids is 1. The molecule has 0 radical (unpaired) electrons. The Morgan fingerprint density at radius 1 is 1.23 bits per heavy atom. The lowest BCUT2D eigenvalue weighted by molar-refractivity contribution is -0.117. The van der Waals surface area contributed by atoms with Crippen LogP contribution in [0.3, 0.4) is 0 Å². The molecule has 1 saturated carbocycles. The van der Waals surface area contributed by atoms with Gasteiger partial charge in [-0.05, 0) is 38.8 Å². The van der Waals surface area contributed by atoms with Crippen molar-refractivity contribution in [1.29, 1.82) is 0 Å². The van der Waals surface area contributed by atoms with E-state index in [-0.39, 0.29) is 17.9 Å². The Balaban J connectivity index is 1.81. The highest BCUT2D eigenvalue weighted by Crippen LogP contribution is 2.33. The summed E-state index contributed by atoms with van der Waals surface area (Å²) in [6.07, 6.45) is 7.46. The summed E-state index contributed by atoms with van der Waals surface area (Å²) in [6.45, 7) is 4.18. The number of nitrogens with one attached hydrogen (secondary N) is 2. The Bertz CT molecular complexity index is 973. The molecule has 1 aliphatic rings. The zero-order valence-electron chi connectivity index (χ0n) is 15.2. The zero-order chi connectivity index (χ0) is 18.3. The van der Waals surface area contributed by atoms with E-state index in [1.807, 2.05) is 36.3 Å². The number of hydrogen-bond donors (Lipinski definition) is 2. The second-order valence-corrected chi connectivity index (χ2v) is 6.92. The maximum Gasteiger partial charge on any atom is 0.228 e. The fourth-order valence-electron chi connectivity index (χ4n) is 2.95. The van der Waals surface area contributed by atoms with Gasteiger partial charge in [0.05, 0.1) is 5.69 Å². The standard InChI is InChI=1S/C19H22N6O/c1-11(2)25-7-6-16(24-25)14-9-22-18(20-3)15-10-21-17(8-13(14)15)23-19(26)12-4-5-12/h6-12H,4-5H2,1-3H3,(H,20,22)(H,21,23,26). The van der Waals surface area contributed by atoms with Crippen molar-refractivity contribution in [1.82, 2.24) is 19.7 Å². The van der Waals surface area contributed by atoms with E-state index in [9.17, 15) is 4.79 Å². The first-order chi connectivity index (χ1) is 12.6. The number of aromatic nitrogens is 4. The molecule has 7 nitrogen and oxygen atoms in total. The molecule has 0 bridgehead atoms. The Morgan fingerprint density at radius 3 is 2.69 bits per heavy atom. The quantitative estimate of drug-likeness (QED) is 0.736. The Morgan fingerprint density at radius 2 is 2.04 bits per heavy atom. The van der Waals surface area contributed by atoms with Gasteiger partial charge in [0.25, 0.3) is 0 Å². The molecule has 1 amide bonds. The number of hydrogen-bond acceptors (Lipinski definition) is 5. The predicted octanol–water partition coefficient (Wildman–Crippen LogP) is 3.46. The fraction of sp³-hybridized carbons (Fsp3) is 0.368. The van der Waals surface area contributed by atoms with E-state index in [0.717, 1.165) is 40.7 Å². The third-order valence-corrected chi connectivity index (χ3v) is 4.62. The molecule has 134 valence electrons. The van der Waals surface area contributed by atoms with E-state index in [4.69, 9.17) is 0 Å². The number of nitrogens with zero attached hydrogens (tertiary/aromatic N) is 4. The lowest BCUT2D eigenvalue weighted by Gasteiger charge is -2.11. The van der Waals surface area contributed by atoms with Crippen LogP contribution in [0.5, 0.6) is 0 Å². The van der Waals surface area contributed by atoms with Crippen molar-refractivity contribution in [2.45, 2.75) is 32.7 Å². The molecule has 26 heavy (non-hydrogen) atoms. The molecule has 4 rings (SSSR count). The number of fused-ring (bicyclic) bond motifs is 1. The number of anilines is 2. The molecule has 0 saturated heterocycles. The highest BCUT2D eigenvalue weighted by Gasteiger charge is 2.29. The zero-order valence-corrected chi connectivity index (χ0v) is 15.2. The van der Waals surface area contributed by atoms with Gasteiger partial charge in [0.15, 0.2) is 0 Å². The van der Waals surface area contributed by atoms with Gasteiger partial charge in [-0.2, -0.15) is 5.10 Å². The molecule has 0 atom stereocenters. The van der Waals surface area contributed by atoms with E-state index in [2.05, 4.69) is 39.5 Å². The lowest BCUT2D eigenvalue weighted by atomic mass is 10.1. The van der Waals surface area contributed by atoms with Crippen molar-refractivity contribution in [3.05, 3.63) is 30.7 Å². The summed E-state index contributed by atoms with van der Waals surface area (Å²) in [4.78, 5) is 21.0. The number of pyridine rings is 2. The molecule has 0 spiro atoms. The van der Waals surface area contributed by atoms with Crippen LogP contribution in [0.2, 0.25) is 0 Å². The Kier molecular flexibility index (Phi) is 4.06. The van der Waals surface area contributed by atoms with Crippen LogP contribution >= 0.6 is 0 Å². The SMILES string of the molecule is CNc1ncc(-c2ccn(C(C)C)n2)c2cc(NC(=O)C3CC3)ncc12. The van der Waals surface area contributed by atoms with Gasteiger partial charge in [0.1, 0.15) is 11.6 Å². The monoisotopic (exact) mass is 350 g/mol. The summed E-state index contributed by atoms with van der Waals surface area (Å²) < 4.78 is 1.92. The van der Waals surface area contributed by atoms with Crippen molar-refractivity contribution in [2.75, 3.05) is 17.7 Å². The van der Waals surface area contributed by atoms with Crippen LogP contribution in [0.25, 0.3) is 22.0 Å². The van der Waals surface area contributed by atoms with Crippen molar-refractivity contribution >= 4 is 28.3 Å². The molecule has 0 aromatic carbocycles. The average molecular weight is 350 g/mol. The first-order valence-corrected chi connectivity index (χ1v) is 8.89. The topological polar surface area (TPSA) is 84.7 Å². The third kappa shape index (κ3) is 3.00. The smallest absolute Gasteiger partial charge is 0.228 e. The van der Waals surface area contributed by atoms with E-state index >= 15 is 0 Å². The van der Waals surface area contributed by atoms with Gasteiger partial charge in [0.2, 0.25) is 5.91 Å². The van der Waals surface area contributed by atoms with Crippen LogP contribution in [-0.2, 0) is 4.79 Å². The molecule has 3 heterocycles. The van der Waals surface area contributed by atoms with Gasteiger partial charge in [-0.3, -0.25) is 9.48 Å². The second kappa shape index (κ2) is 6.40. The maximum atomic E-state index is 12.1. The van der Waals surface area contributed by atoms with Crippen molar-refractivity contribution in [2.24, 2.45) is 5.92 Å². The second-order valence-electron chi connectivity index (χ2n) is 6.92. The van der Waals surface area contributed by atoms with E-state index in [1.54, 1.807) is 6.20 Å². The molecule has 3 aromatic heterocycles. The predicted molar refractivity (Wildman–Crippen MR) is 102 cm³/mol. The molecule has 3 aromatic rings. The van der Waals surface area contributed by atoms with Crippen LogP contribution in [0.15, 0.2) is 30.7 Å². The number of carbonyl (C=O) groups is 1. The van der Waals surface area contributed by atoms with Crippen molar-refractivity contribution in [3.8, 4) is 11.3 Å². The highest BCUT2D eigenvalue weighted by atomic mass is 16.2. The summed E-state index contributed by atoms with van der Waals surface area (Å²) in [6, 6.07) is 4.18. The van der Waals surface area contributed by atoms with Gasteiger partial charge in [-0.25, -0.2) is 9.97 Å². The van der Waals surface area contributed by atoms with Gasteiger partial charge < -0.3 is 10.6 Å². The fourth-order valence-corrected chi connectivity index (χ4v) is 2.95. The minimum atomic E-state index is 0.0466. The summed E-state index contributed by atoms with van der Waals surface area (Å²) in [7, 11) is 1.83. The van der Waals surface area contributed by atoms with Crippen molar-refractivity contribution < 1.29 is 4.79 Å². The molecule has 7 heteroatoms. The molecule has 2 N–H and O–H groups in total. The normalized spacial score (nSPS) is 14.0. The average Bonchev–Trinajstić information content (AvgIpc) is 3.37. The van der Waals surface area contributed by atoms with Crippen molar-refractivity contribution in [3.63, 3.8) is 0 Å². The molecule has 1 fully saturated rings. The maximum absolute atomic E-state index is 12.1. The number of rotatable bonds is 5. The van der Waals surface area contributed by atoms with E-state index < -0.39 is 0 Å². The molecular weight excluding hydrogens is 328 g/mol. The summed E-state index contributed by atoms with van der Waals surface area (Å²) in [5.41, 5.74) is 1.77. The van der Waals surface area contributed by atoms with Gasteiger partial charge >= 0.3 is 0 Å². The molecule has 1 aliphatic carbocycles. The lowest BCUT2D eigenvalue weighted by Crippen LogP contribution is -2.14. The first kappa shape index (κ1) is 16.5. The Labute approximate surface area is 151 Å². The largest absolute Gasteiger partial charge is 0.373 e. The molecular formula is C19H22N6O. The first-order valence-electron chi connectivity index (χ1n) is 8.89. The Hall–Kier alpha value is -2.96. The minimum Gasteiger partial charge on any atom is -0.373 e. The van der Waals surface area contributed by atoms with Crippen LogP contribution in [0.1, 0.15) is 32.7 Å². The van der Waals surface area contributed by atoms with Crippen LogP contribution in [0, 0.1) is 5.92 Å². The summed E-state index contributed by atoms with van der Waals surface area (Å²) in [5.74, 6) is 1.50. The highest BCUT2D eigenvalue weighted by molar-refractivity contribution is 6.03. The van der Waals surface area contributed by atoms with Crippen LogP contribution in [0.4, 0.5) is 11.6 Å². The molecule has 0 unspecified atom stereocenters. The summed E-state index contributed by atoms with van der Waals surface area (Å²) in [5, 5.41) is 12.5. The van der Waals surface area contributed by atoms with Crippen LogP contribution in [-0.4, -0.2) is 32.7 Å². The molecule has 0 aliphatic heterocycles. The van der Waals surface area contributed by atoms with Gasteiger partial charge in [-0.1, -0.05) is 0 Å². The summed E-state index contributed by atoms with van der Waals surface area (Å²) >= 11 is 0. The van der Waals surface area contributed by atoms with Gasteiger partial charge in [-0.15, -0.1) is 0 Å². The number of amides is 1. The van der Waals surface area contributed by atoms with Gasteiger partial charge in [0, 0.05) is 53.9 Å². The minimum absolute atomic E-state index is 0.0466. The van der Waals surface area contributed by atoms with E-state index in [1.165, 1.54) is 0 Å². The van der Waals surface area contributed by atoms with Crippen LogP contribution < -0.4 is 10.6 Å². The van der Waals surface area contributed by atoms with E-state index in [0.29, 0.717) is 5.82 Å².